The second kappa shape index (κ2) is 11.3. The van der Waals surface area contributed by atoms with Gasteiger partial charge >= 0.3 is 0 Å². The molecule has 5 nitrogen and oxygen atoms in total. The summed E-state index contributed by atoms with van der Waals surface area (Å²) in [6, 6.07) is 5.95. The Morgan fingerprint density at radius 3 is 2.58 bits per heavy atom. The van der Waals surface area contributed by atoms with Gasteiger partial charge in [0.05, 0.1) is 22.7 Å². The maximum atomic E-state index is 12.1. The van der Waals surface area contributed by atoms with Crippen LogP contribution in [0, 0.1) is 6.92 Å². The first-order valence-corrected chi connectivity index (χ1v) is 11.2. The number of hydrogen-bond acceptors (Lipinski definition) is 3. The maximum absolute atomic E-state index is 12.1. The third-order valence-electron chi connectivity index (χ3n) is 5.00. The van der Waals surface area contributed by atoms with Crippen LogP contribution in [0.5, 0.6) is 0 Å². The maximum Gasteiger partial charge on any atom is 0.253 e. The van der Waals surface area contributed by atoms with Crippen molar-refractivity contribution < 1.29 is 4.79 Å². The molecule has 1 aromatic heterocycles. The first-order chi connectivity index (χ1) is 14.9. The van der Waals surface area contributed by atoms with Gasteiger partial charge in [-0.15, -0.1) is 0 Å². The van der Waals surface area contributed by atoms with Gasteiger partial charge in [0, 0.05) is 29.9 Å². The Hall–Kier alpha value is -3.08. The zero-order valence-corrected chi connectivity index (χ0v) is 19.6. The molecule has 0 aliphatic carbocycles. The van der Waals surface area contributed by atoms with Crippen molar-refractivity contribution in [3.63, 3.8) is 0 Å². The average Bonchev–Trinajstić information content (AvgIpc) is 3.16. The molecule has 0 spiro atoms. The van der Waals surface area contributed by atoms with Gasteiger partial charge in [-0.25, -0.2) is 4.99 Å². The van der Waals surface area contributed by atoms with Gasteiger partial charge in [0.15, 0.2) is 0 Å². The minimum absolute atomic E-state index is 0.0469. The number of benzene rings is 1. The van der Waals surface area contributed by atoms with Gasteiger partial charge in [-0.1, -0.05) is 46.3 Å². The fraction of sp³-hybridized carbons (Fsp3) is 0.385. The summed E-state index contributed by atoms with van der Waals surface area (Å²) in [4.78, 5) is 20.2. The molecule has 3 rings (SSSR count). The van der Waals surface area contributed by atoms with Crippen LogP contribution in [0.25, 0.3) is 5.70 Å². The number of aryl methyl sites for hydroxylation is 2. The molecular formula is C26H36N4O. The van der Waals surface area contributed by atoms with E-state index >= 15 is 0 Å². The van der Waals surface area contributed by atoms with E-state index in [1.807, 2.05) is 31.2 Å². The number of carbonyl (C=O) groups is 1. The van der Waals surface area contributed by atoms with E-state index in [4.69, 9.17) is 10.7 Å². The van der Waals surface area contributed by atoms with Gasteiger partial charge < -0.3 is 16.0 Å². The number of nitrogens with zero attached hydrogens (tertiary/aromatic N) is 1. The number of amides is 1. The molecule has 0 fully saturated rings. The van der Waals surface area contributed by atoms with Crippen LogP contribution < -0.4 is 11.1 Å². The molecule has 0 atom stereocenters. The molecule has 0 radical (unpaired) electrons. The van der Waals surface area contributed by atoms with E-state index in [-0.39, 0.29) is 5.91 Å². The largest absolute Gasteiger partial charge is 0.398 e. The fourth-order valence-electron chi connectivity index (χ4n) is 3.55. The molecule has 31 heavy (non-hydrogen) atoms. The van der Waals surface area contributed by atoms with Gasteiger partial charge in [0.1, 0.15) is 0 Å². The highest BCUT2D eigenvalue weighted by molar-refractivity contribution is 6.11. The predicted octanol–water partition coefficient (Wildman–Crippen LogP) is 5.60. The summed E-state index contributed by atoms with van der Waals surface area (Å²) in [5.41, 5.74) is 14.0. The number of aromatic amines is 1. The number of fused-ring (bicyclic) bond motifs is 1. The van der Waals surface area contributed by atoms with Crippen LogP contribution in [0.2, 0.25) is 0 Å². The second-order valence-corrected chi connectivity index (χ2v) is 7.85. The zero-order valence-electron chi connectivity index (χ0n) is 19.6. The highest BCUT2D eigenvalue weighted by Crippen LogP contribution is 2.27. The highest BCUT2D eigenvalue weighted by atomic mass is 16.1. The minimum atomic E-state index is -0.0469. The van der Waals surface area contributed by atoms with Crippen molar-refractivity contribution in [3.05, 3.63) is 70.6 Å². The zero-order chi connectivity index (χ0) is 23.0. The van der Waals surface area contributed by atoms with E-state index in [2.05, 4.69) is 50.6 Å². The third kappa shape index (κ3) is 5.97. The molecule has 2 aromatic rings. The van der Waals surface area contributed by atoms with Crippen LogP contribution in [-0.4, -0.2) is 23.1 Å². The normalized spacial score (nSPS) is 13.5. The number of carbonyl (C=O) groups excluding carboxylic acids is 1. The molecule has 0 saturated carbocycles. The number of rotatable bonds is 6. The summed E-state index contributed by atoms with van der Waals surface area (Å²) >= 11 is 0. The molecule has 1 aromatic carbocycles. The number of aromatic nitrogens is 1. The molecule has 5 heteroatoms. The summed E-state index contributed by atoms with van der Waals surface area (Å²) in [6.07, 6.45) is 7.94. The lowest BCUT2D eigenvalue weighted by molar-refractivity contribution is 0.0946. The van der Waals surface area contributed by atoms with Crippen LogP contribution in [0.1, 0.15) is 79.0 Å². The van der Waals surface area contributed by atoms with Crippen molar-refractivity contribution in [1.29, 1.82) is 0 Å². The molecule has 1 aliphatic heterocycles. The first-order valence-electron chi connectivity index (χ1n) is 11.2. The number of anilines is 1. The first kappa shape index (κ1) is 24.2. The number of nitrogen functional groups attached to an aromatic ring is 1. The minimum Gasteiger partial charge on any atom is -0.398 e. The molecular weight excluding hydrogens is 384 g/mol. The van der Waals surface area contributed by atoms with Crippen molar-refractivity contribution in [2.45, 2.75) is 60.3 Å². The van der Waals surface area contributed by atoms with E-state index in [1.165, 1.54) is 17.5 Å². The van der Waals surface area contributed by atoms with Crippen molar-refractivity contribution in [1.82, 2.24) is 10.3 Å². The van der Waals surface area contributed by atoms with Crippen molar-refractivity contribution in [2.24, 2.45) is 4.99 Å². The predicted molar refractivity (Wildman–Crippen MR) is 133 cm³/mol. The van der Waals surface area contributed by atoms with Gasteiger partial charge in [-0.05, 0) is 55.7 Å². The number of nitrogens with two attached hydrogens (primary N) is 1. The Morgan fingerprint density at radius 2 is 1.97 bits per heavy atom. The Balaban J connectivity index is 0.00000107. The third-order valence-corrected chi connectivity index (χ3v) is 5.00. The molecule has 4 N–H and O–H groups in total. The monoisotopic (exact) mass is 420 g/mol. The molecule has 2 heterocycles. The second-order valence-electron chi connectivity index (χ2n) is 7.85. The molecule has 1 aliphatic rings. The number of aliphatic imine (C=N–C) groups is 1. The Bertz CT molecular complexity index is 995. The van der Waals surface area contributed by atoms with E-state index in [0.717, 1.165) is 41.9 Å². The summed E-state index contributed by atoms with van der Waals surface area (Å²) in [6.45, 7) is 15.2. The smallest absolute Gasteiger partial charge is 0.253 e. The fourth-order valence-corrected chi connectivity index (χ4v) is 3.55. The molecule has 1 amide bonds. The highest BCUT2D eigenvalue weighted by Gasteiger charge is 2.20. The topological polar surface area (TPSA) is 83.3 Å². The van der Waals surface area contributed by atoms with Crippen LogP contribution in [0.4, 0.5) is 5.69 Å². The van der Waals surface area contributed by atoms with E-state index < -0.39 is 0 Å². The molecule has 0 saturated heterocycles. The quantitative estimate of drug-likeness (QED) is 0.420. The van der Waals surface area contributed by atoms with Gasteiger partial charge in [0.2, 0.25) is 0 Å². The van der Waals surface area contributed by atoms with E-state index in [0.29, 0.717) is 23.5 Å². The Kier molecular flexibility index (Phi) is 8.86. The SMILES string of the molecule is C=C(N=C(/C=C\C)c1cc2c([nH]1)CCNC2=O)c1cc(CCC)c(C)cc1N.CCC. The Morgan fingerprint density at radius 1 is 1.26 bits per heavy atom. The van der Waals surface area contributed by atoms with Crippen LogP contribution >= 0.6 is 0 Å². The summed E-state index contributed by atoms with van der Waals surface area (Å²) in [5.74, 6) is -0.0469. The summed E-state index contributed by atoms with van der Waals surface area (Å²) in [7, 11) is 0. The van der Waals surface area contributed by atoms with Crippen LogP contribution in [0.3, 0.4) is 0 Å². The number of hydrogen-bond donors (Lipinski definition) is 3. The lowest BCUT2D eigenvalue weighted by Gasteiger charge is -2.12. The van der Waals surface area contributed by atoms with E-state index in [1.54, 1.807) is 0 Å². The Labute approximate surface area is 186 Å². The van der Waals surface area contributed by atoms with Gasteiger partial charge in [-0.2, -0.15) is 0 Å². The lowest BCUT2D eigenvalue weighted by Crippen LogP contribution is -2.31. The molecule has 0 bridgehead atoms. The molecule has 166 valence electrons. The summed E-state index contributed by atoms with van der Waals surface area (Å²) < 4.78 is 0. The van der Waals surface area contributed by atoms with Crippen LogP contribution in [0.15, 0.2) is 41.9 Å². The number of nitrogens with one attached hydrogen (secondary N) is 2. The van der Waals surface area contributed by atoms with E-state index in [9.17, 15) is 4.79 Å². The number of allylic oxidation sites excluding steroid dienone is 2. The molecule has 0 unspecified atom stereocenters. The average molecular weight is 421 g/mol. The standard InChI is InChI=1S/C23H28N4O.C3H8/c1-5-7-16-12-17(19(24)11-14(16)3)15(4)26-21(8-6-2)22-13-18-20(27-22)9-10-25-23(18)28;1-3-2/h6,8,11-13,27H,4-5,7,9-10,24H2,1-3H3,(H,25,28);3H2,1-2H3/b8-6-,26-21?;. The number of H-pyrrole nitrogens is 1. The van der Waals surface area contributed by atoms with Crippen molar-refractivity contribution in [3.8, 4) is 0 Å². The van der Waals surface area contributed by atoms with Crippen molar-refractivity contribution in [2.75, 3.05) is 12.3 Å². The summed E-state index contributed by atoms with van der Waals surface area (Å²) in [5, 5.41) is 2.87. The van der Waals surface area contributed by atoms with Crippen LogP contribution in [-0.2, 0) is 12.8 Å². The van der Waals surface area contributed by atoms with Crippen molar-refractivity contribution >= 4 is 23.0 Å². The lowest BCUT2D eigenvalue weighted by atomic mass is 9.98. The van der Waals surface area contributed by atoms with Gasteiger partial charge in [-0.3, -0.25) is 4.79 Å². The van der Waals surface area contributed by atoms with Gasteiger partial charge in [0.25, 0.3) is 5.91 Å².